The molecule has 2 aromatic rings. The lowest BCUT2D eigenvalue weighted by Crippen LogP contribution is -2.64. The first-order valence-corrected chi connectivity index (χ1v) is 26.4. The number of carbonyl (C=O) groups is 10. The van der Waals surface area contributed by atoms with Crippen LogP contribution in [0.15, 0.2) is 41.0 Å². The van der Waals surface area contributed by atoms with E-state index >= 15 is 0 Å². The number of likely N-dealkylation sites (N-methyl/N-ethyl adjacent to an activating group) is 1. The zero-order chi connectivity index (χ0) is 56.6. The van der Waals surface area contributed by atoms with Gasteiger partial charge in [-0.05, 0) is 93.5 Å². The highest BCUT2D eigenvalue weighted by Crippen LogP contribution is 2.24. The first-order valence-electron chi connectivity index (χ1n) is 26.4. The molecule has 0 spiro atoms. The number of aromatic nitrogens is 1. The Hall–Kier alpha value is -6.91. The molecule has 10 amide bonds. The van der Waals surface area contributed by atoms with Gasteiger partial charge in [0.2, 0.25) is 59.1 Å². The quantitative estimate of drug-likeness (QED) is 0.0471. The minimum Gasteiger partial charge on any atom is -0.444 e. The monoisotopic (exact) mass is 1060 g/mol. The fourth-order valence-corrected chi connectivity index (χ4v) is 8.07. The number of oxazole rings is 1. The molecule has 3 atom stereocenters. The number of nitrogens with one attached hydrogen (secondary N) is 9. The van der Waals surface area contributed by atoms with Crippen LogP contribution < -0.4 is 47.9 Å². The highest BCUT2D eigenvalue weighted by Gasteiger charge is 2.40. The van der Waals surface area contributed by atoms with E-state index in [4.69, 9.17) is 4.42 Å². The SMILES string of the molecule is CCCCCCCCC(NC(=O)C1CCCN1C(=O)c1coc(-c2ccccc2)n1)C(=O)NCC(=O)NC(C)(C)C(=O)NCC(=O)NC(CCC)C(=O)NC(C)(C)C(=O)NC(C)(C)C(=O)NCCC(=O)NCCN(C)C. The van der Waals surface area contributed by atoms with Gasteiger partial charge in [0.25, 0.3) is 5.91 Å². The van der Waals surface area contributed by atoms with E-state index in [1.165, 1.54) is 52.7 Å². The number of carbonyl (C=O) groups excluding carboxylic acids is 10. The number of likely N-dealkylation sites (tertiary alicyclic amines) is 1. The Morgan fingerprint density at radius 2 is 1.28 bits per heavy atom. The number of rotatable bonds is 32. The first-order chi connectivity index (χ1) is 35.8. The molecular weight excluding hydrogens is 981 g/mol. The predicted molar refractivity (Wildman–Crippen MR) is 285 cm³/mol. The van der Waals surface area contributed by atoms with Crippen LogP contribution in [0, 0.1) is 0 Å². The van der Waals surface area contributed by atoms with E-state index < -0.39 is 101 Å². The molecule has 0 radical (unpaired) electrons. The summed E-state index contributed by atoms with van der Waals surface area (Å²) in [5.74, 6) is -5.74. The summed E-state index contributed by atoms with van der Waals surface area (Å²) >= 11 is 0. The number of hydrogen-bond donors (Lipinski definition) is 9. The highest BCUT2D eigenvalue weighted by molar-refractivity contribution is 6.00. The van der Waals surface area contributed by atoms with Crippen molar-refractivity contribution in [3.8, 4) is 11.5 Å². The second-order valence-electron chi connectivity index (χ2n) is 21.0. The van der Waals surface area contributed by atoms with Gasteiger partial charge in [0.1, 0.15) is 41.0 Å². The number of amides is 10. The minimum atomic E-state index is -1.58. The zero-order valence-corrected chi connectivity index (χ0v) is 46.3. The van der Waals surface area contributed by atoms with Crippen LogP contribution in [0.1, 0.15) is 143 Å². The smallest absolute Gasteiger partial charge is 0.276 e. The van der Waals surface area contributed by atoms with Gasteiger partial charge in [0.15, 0.2) is 5.69 Å². The third-order valence-corrected chi connectivity index (χ3v) is 12.6. The summed E-state index contributed by atoms with van der Waals surface area (Å²) in [4.78, 5) is 140. The second-order valence-corrected chi connectivity index (χ2v) is 21.0. The molecule has 0 bridgehead atoms. The molecule has 0 aliphatic carbocycles. The maximum absolute atomic E-state index is 13.8. The molecule has 0 saturated carbocycles. The zero-order valence-electron chi connectivity index (χ0n) is 46.3. The molecular formula is C53H84N12O11. The molecule has 1 fully saturated rings. The van der Waals surface area contributed by atoms with Gasteiger partial charge in [0.05, 0.1) is 13.1 Å². The minimum absolute atomic E-state index is 0.0391. The van der Waals surface area contributed by atoms with Gasteiger partial charge in [-0.1, -0.05) is 77.0 Å². The Morgan fingerprint density at radius 1 is 0.658 bits per heavy atom. The van der Waals surface area contributed by atoms with Gasteiger partial charge in [-0.2, -0.15) is 0 Å². The molecule has 1 aliphatic heterocycles. The Bertz CT molecular complexity index is 2300. The van der Waals surface area contributed by atoms with E-state index in [-0.39, 0.29) is 43.3 Å². The molecule has 422 valence electrons. The Balaban J connectivity index is 1.53. The van der Waals surface area contributed by atoms with Crippen LogP contribution in [0.3, 0.4) is 0 Å². The summed E-state index contributed by atoms with van der Waals surface area (Å²) in [5.41, 5.74) is -3.82. The first kappa shape index (κ1) is 63.4. The molecule has 1 aliphatic rings. The lowest BCUT2D eigenvalue weighted by atomic mass is 9.98. The Morgan fingerprint density at radius 3 is 1.95 bits per heavy atom. The second kappa shape index (κ2) is 30.6. The normalized spacial score (nSPS) is 14.4. The number of unbranched alkanes of at least 4 members (excludes halogenated alkanes) is 5. The van der Waals surface area contributed by atoms with Gasteiger partial charge in [0, 0.05) is 38.2 Å². The van der Waals surface area contributed by atoms with Crippen LogP contribution in [0.25, 0.3) is 11.5 Å². The molecule has 23 nitrogen and oxygen atoms in total. The molecule has 1 aromatic heterocycles. The number of benzene rings is 1. The van der Waals surface area contributed by atoms with E-state index in [1.54, 1.807) is 19.1 Å². The van der Waals surface area contributed by atoms with Crippen LogP contribution in [-0.2, 0) is 43.2 Å². The molecule has 2 heterocycles. The molecule has 1 aromatic carbocycles. The van der Waals surface area contributed by atoms with Crippen LogP contribution in [-0.4, -0.2) is 162 Å². The lowest BCUT2D eigenvalue weighted by Gasteiger charge is -2.32. The van der Waals surface area contributed by atoms with Crippen molar-refractivity contribution in [3.05, 3.63) is 42.3 Å². The summed E-state index contributed by atoms with van der Waals surface area (Å²) in [6.45, 7) is 12.9. The number of hydrogen-bond acceptors (Lipinski definition) is 13. The molecule has 1 saturated heterocycles. The summed E-state index contributed by atoms with van der Waals surface area (Å²) in [5, 5.41) is 23.7. The van der Waals surface area contributed by atoms with Crippen LogP contribution >= 0.6 is 0 Å². The fraction of sp³-hybridized carbons (Fsp3) is 0.642. The number of nitrogens with zero attached hydrogens (tertiary/aromatic N) is 3. The summed E-state index contributed by atoms with van der Waals surface area (Å²) in [6.07, 6.45) is 8.70. The van der Waals surface area contributed by atoms with Crippen molar-refractivity contribution in [2.45, 2.75) is 167 Å². The Kier molecular flexibility index (Phi) is 25.5. The van der Waals surface area contributed by atoms with Gasteiger partial charge in [-0.15, -0.1) is 0 Å². The van der Waals surface area contributed by atoms with Crippen molar-refractivity contribution < 1.29 is 52.4 Å². The van der Waals surface area contributed by atoms with Gasteiger partial charge in [-0.25, -0.2) is 4.98 Å². The highest BCUT2D eigenvalue weighted by atomic mass is 16.3. The van der Waals surface area contributed by atoms with Crippen molar-refractivity contribution in [2.24, 2.45) is 0 Å². The average Bonchev–Trinajstić information content (AvgIpc) is 4.07. The van der Waals surface area contributed by atoms with Gasteiger partial charge >= 0.3 is 0 Å². The molecule has 3 rings (SSSR count). The molecule has 76 heavy (non-hydrogen) atoms. The average molecular weight is 1070 g/mol. The maximum atomic E-state index is 13.8. The lowest BCUT2D eigenvalue weighted by molar-refractivity contribution is -0.138. The van der Waals surface area contributed by atoms with Crippen molar-refractivity contribution >= 4 is 59.1 Å². The topological polar surface area (TPSA) is 311 Å². The maximum Gasteiger partial charge on any atom is 0.276 e. The summed E-state index contributed by atoms with van der Waals surface area (Å²) in [6, 6.07) is 6.08. The summed E-state index contributed by atoms with van der Waals surface area (Å²) in [7, 11) is 3.76. The van der Waals surface area contributed by atoms with Gasteiger partial charge in [-0.3, -0.25) is 47.9 Å². The van der Waals surface area contributed by atoms with Gasteiger partial charge < -0.3 is 62.1 Å². The van der Waals surface area contributed by atoms with Crippen molar-refractivity contribution in [1.29, 1.82) is 0 Å². The van der Waals surface area contributed by atoms with E-state index in [0.29, 0.717) is 50.9 Å². The van der Waals surface area contributed by atoms with E-state index in [1.807, 2.05) is 37.2 Å². The molecule has 23 heteroatoms. The van der Waals surface area contributed by atoms with Crippen molar-refractivity contribution in [3.63, 3.8) is 0 Å². The van der Waals surface area contributed by atoms with Crippen molar-refractivity contribution in [2.75, 3.05) is 53.4 Å². The fourth-order valence-electron chi connectivity index (χ4n) is 8.07. The van der Waals surface area contributed by atoms with Crippen molar-refractivity contribution in [1.82, 2.24) is 62.6 Å². The molecule has 9 N–H and O–H groups in total. The third kappa shape index (κ3) is 21.0. The predicted octanol–water partition coefficient (Wildman–Crippen LogP) is 1.57. The van der Waals surface area contributed by atoms with E-state index in [0.717, 1.165) is 32.1 Å². The van der Waals surface area contributed by atoms with Crippen LogP contribution in [0.4, 0.5) is 0 Å². The Labute approximate surface area is 447 Å². The van der Waals surface area contributed by atoms with Crippen LogP contribution in [0.2, 0.25) is 0 Å². The third-order valence-electron chi connectivity index (χ3n) is 12.6. The largest absolute Gasteiger partial charge is 0.444 e. The van der Waals surface area contributed by atoms with E-state index in [2.05, 4.69) is 59.8 Å². The van der Waals surface area contributed by atoms with E-state index in [9.17, 15) is 47.9 Å². The summed E-state index contributed by atoms with van der Waals surface area (Å²) < 4.78 is 5.57. The molecule has 3 unspecified atom stereocenters. The van der Waals surface area contributed by atoms with Crippen LogP contribution in [0.5, 0.6) is 0 Å². The standard InChI is InChI=1S/C53H84N12O11/c1-11-13-14-15-16-20-25-37(59-45(71)39-26-21-30-65(39)47(72)38-34-76-46(60-38)35-23-18-17-19-24-35)43(69)56-33-42(68)61-51(3,4)49(74)57-32-41(67)58-36(22-12-2)44(70)62-53(7,8)50(75)63-52(5,6)48(73)55-28-27-40(66)54-29-31-64(9)10/h17-19,23-24,34,36-37,39H,11-16,20-22,25-33H2,1-10H3,(H,54,66)(H,55,73)(H,56,69)(H,57,74)(H,58,67)(H,59,71)(H,61,68)(H,62,70)(H,63,75).